The lowest BCUT2D eigenvalue weighted by Crippen LogP contribution is -2.38. The maximum absolute atomic E-state index is 13.5. The summed E-state index contributed by atoms with van der Waals surface area (Å²) >= 11 is 1.61. The number of benzene rings is 1. The highest BCUT2D eigenvalue weighted by molar-refractivity contribution is 7.13. The fraction of sp³-hybridized carbons (Fsp3) is 0.458. The molecule has 1 fully saturated rings. The van der Waals surface area contributed by atoms with Crippen LogP contribution < -0.4 is 20.5 Å². The number of thiazole rings is 1. The molecule has 0 amide bonds. The number of aryl methyl sites for hydroxylation is 2. The van der Waals surface area contributed by atoms with Gasteiger partial charge in [0.15, 0.2) is 5.13 Å². The molecular weight excluding hydrogens is 438 g/mol. The van der Waals surface area contributed by atoms with Crippen LogP contribution in [0.15, 0.2) is 34.6 Å². The summed E-state index contributed by atoms with van der Waals surface area (Å²) in [5.41, 5.74) is 3.14. The van der Waals surface area contributed by atoms with Gasteiger partial charge in [-0.2, -0.15) is 0 Å². The average molecular weight is 470 g/mol. The van der Waals surface area contributed by atoms with Crippen molar-refractivity contribution in [2.45, 2.75) is 39.3 Å². The largest absolute Gasteiger partial charge is 0.497 e. The van der Waals surface area contributed by atoms with Crippen molar-refractivity contribution >= 4 is 22.2 Å². The molecule has 0 spiro atoms. The average Bonchev–Trinajstić information content (AvgIpc) is 3.48. The number of hydrogen-bond acceptors (Lipinski definition) is 8. The van der Waals surface area contributed by atoms with Gasteiger partial charge in [0.25, 0.3) is 5.56 Å². The van der Waals surface area contributed by atoms with Crippen LogP contribution in [-0.4, -0.2) is 53.5 Å². The lowest BCUT2D eigenvalue weighted by molar-refractivity contribution is 0.0720. The van der Waals surface area contributed by atoms with Gasteiger partial charge in [0.2, 0.25) is 0 Å². The maximum Gasteiger partial charge on any atom is 0.277 e. The minimum Gasteiger partial charge on any atom is -0.497 e. The zero-order chi connectivity index (χ0) is 23.5. The minimum absolute atomic E-state index is 0.0396. The molecular formula is C24H31N5O3S. The van der Waals surface area contributed by atoms with Crippen LogP contribution in [0.2, 0.25) is 0 Å². The normalized spacial score (nSPS) is 18.0. The fourth-order valence-corrected chi connectivity index (χ4v) is 4.97. The van der Waals surface area contributed by atoms with Crippen molar-refractivity contribution in [3.8, 4) is 17.1 Å². The molecule has 8 nitrogen and oxygen atoms in total. The Labute approximate surface area is 198 Å². The molecule has 0 saturated carbocycles. The summed E-state index contributed by atoms with van der Waals surface area (Å²) in [6, 6.07) is 5.76. The van der Waals surface area contributed by atoms with E-state index in [4.69, 9.17) is 14.5 Å². The van der Waals surface area contributed by atoms with Gasteiger partial charge in [0.05, 0.1) is 24.9 Å². The van der Waals surface area contributed by atoms with E-state index < -0.39 is 0 Å². The summed E-state index contributed by atoms with van der Waals surface area (Å²) in [6.07, 6.45) is 2.41. The molecule has 0 radical (unpaired) electrons. The fourth-order valence-electron chi connectivity index (χ4n) is 4.31. The Kier molecular flexibility index (Phi) is 6.99. The minimum atomic E-state index is -0.0879. The van der Waals surface area contributed by atoms with Gasteiger partial charge in [0, 0.05) is 43.9 Å². The SMILES string of the molecule is CCO[C@H]1CN(c2nccs2)C[C@H]1Nc1c(CC)nc(-c2ccc(OC)cc2C)n(C)c1=O. The molecule has 0 unspecified atom stereocenters. The zero-order valence-corrected chi connectivity index (χ0v) is 20.6. The van der Waals surface area contributed by atoms with Crippen molar-refractivity contribution in [1.82, 2.24) is 14.5 Å². The van der Waals surface area contributed by atoms with Gasteiger partial charge in [-0.1, -0.05) is 6.92 Å². The highest BCUT2D eigenvalue weighted by Gasteiger charge is 2.35. The maximum atomic E-state index is 13.5. The van der Waals surface area contributed by atoms with Gasteiger partial charge in [-0.05, 0) is 44.0 Å². The molecule has 2 atom stereocenters. The number of nitrogens with zero attached hydrogens (tertiary/aromatic N) is 4. The molecule has 9 heteroatoms. The molecule has 1 N–H and O–H groups in total. The van der Waals surface area contributed by atoms with Gasteiger partial charge in [-0.25, -0.2) is 9.97 Å². The summed E-state index contributed by atoms with van der Waals surface area (Å²) in [7, 11) is 3.42. The first-order valence-electron chi connectivity index (χ1n) is 11.2. The van der Waals surface area contributed by atoms with Crippen molar-refractivity contribution in [3.63, 3.8) is 0 Å². The van der Waals surface area contributed by atoms with Gasteiger partial charge in [0.1, 0.15) is 17.3 Å². The van der Waals surface area contributed by atoms with E-state index in [0.717, 1.165) is 34.2 Å². The molecule has 2 aromatic heterocycles. The van der Waals surface area contributed by atoms with Crippen molar-refractivity contribution < 1.29 is 9.47 Å². The summed E-state index contributed by atoms with van der Waals surface area (Å²) in [5.74, 6) is 1.43. The van der Waals surface area contributed by atoms with E-state index >= 15 is 0 Å². The quantitative estimate of drug-likeness (QED) is 0.541. The van der Waals surface area contributed by atoms with Crippen LogP contribution in [0.4, 0.5) is 10.8 Å². The van der Waals surface area contributed by atoms with Crippen LogP contribution in [0.5, 0.6) is 5.75 Å². The standard InChI is InChI=1S/C24H31N5O3S/c1-6-18-21(26-19-13-29(14-20(19)32-7-2)24-25-10-11-33-24)23(30)28(4)22(27-18)17-9-8-16(31-5)12-15(17)3/h8-12,19-20,26H,6-7,13-14H2,1-5H3/t19-,20+/m1/s1. The smallest absolute Gasteiger partial charge is 0.277 e. The van der Waals surface area contributed by atoms with Crippen LogP contribution in [0.1, 0.15) is 25.1 Å². The number of hydrogen-bond donors (Lipinski definition) is 1. The molecule has 0 bridgehead atoms. The second-order valence-corrected chi connectivity index (χ2v) is 8.99. The second-order valence-electron chi connectivity index (χ2n) is 8.12. The highest BCUT2D eigenvalue weighted by Crippen LogP contribution is 2.28. The van der Waals surface area contributed by atoms with E-state index in [2.05, 4.69) is 15.2 Å². The van der Waals surface area contributed by atoms with Gasteiger partial charge in [-0.15, -0.1) is 11.3 Å². The third-order valence-corrected chi connectivity index (χ3v) is 6.87. The first-order chi connectivity index (χ1) is 16.0. The van der Waals surface area contributed by atoms with Crippen molar-refractivity contribution in [1.29, 1.82) is 0 Å². The Hall–Kier alpha value is -2.91. The Morgan fingerprint density at radius 1 is 1.27 bits per heavy atom. The molecule has 33 heavy (non-hydrogen) atoms. The lowest BCUT2D eigenvalue weighted by atomic mass is 10.1. The predicted molar refractivity (Wildman–Crippen MR) is 133 cm³/mol. The van der Waals surface area contributed by atoms with E-state index in [1.165, 1.54) is 0 Å². The molecule has 1 aliphatic rings. The van der Waals surface area contributed by atoms with E-state index in [0.29, 0.717) is 31.1 Å². The van der Waals surface area contributed by atoms with Crippen molar-refractivity contribution in [2.24, 2.45) is 7.05 Å². The molecule has 1 aromatic carbocycles. The second kappa shape index (κ2) is 9.93. The van der Waals surface area contributed by atoms with Crippen LogP contribution in [0, 0.1) is 6.92 Å². The predicted octanol–water partition coefficient (Wildman–Crippen LogP) is 3.49. The summed E-state index contributed by atoms with van der Waals surface area (Å²) in [6.45, 7) is 8.07. The summed E-state index contributed by atoms with van der Waals surface area (Å²) in [4.78, 5) is 25.1. The Morgan fingerprint density at radius 2 is 2.09 bits per heavy atom. The Morgan fingerprint density at radius 3 is 2.73 bits per heavy atom. The molecule has 4 rings (SSSR count). The molecule has 176 valence electrons. The topological polar surface area (TPSA) is 81.5 Å². The molecule has 3 aromatic rings. The molecule has 0 aliphatic carbocycles. The van der Waals surface area contributed by atoms with E-state index in [1.54, 1.807) is 30.1 Å². The van der Waals surface area contributed by atoms with Crippen molar-refractivity contribution in [2.75, 3.05) is 37.0 Å². The Balaban J connectivity index is 1.68. The number of ether oxygens (including phenoxy) is 2. The molecule has 1 saturated heterocycles. The van der Waals surface area contributed by atoms with Crippen LogP contribution >= 0.6 is 11.3 Å². The van der Waals surface area contributed by atoms with E-state index in [-0.39, 0.29) is 17.7 Å². The lowest BCUT2D eigenvalue weighted by Gasteiger charge is -2.22. The number of anilines is 2. The third-order valence-electron chi connectivity index (χ3n) is 6.04. The van der Waals surface area contributed by atoms with E-state index in [1.807, 2.05) is 50.5 Å². The summed E-state index contributed by atoms with van der Waals surface area (Å²) in [5, 5.41) is 6.44. The molecule has 1 aliphatic heterocycles. The number of nitrogens with one attached hydrogen (secondary N) is 1. The first kappa shape index (κ1) is 23.3. The number of aromatic nitrogens is 3. The summed E-state index contributed by atoms with van der Waals surface area (Å²) < 4.78 is 13.0. The van der Waals surface area contributed by atoms with E-state index in [9.17, 15) is 4.79 Å². The van der Waals surface area contributed by atoms with Gasteiger partial charge < -0.3 is 19.7 Å². The monoisotopic (exact) mass is 469 g/mol. The van der Waals surface area contributed by atoms with Crippen LogP contribution in [0.3, 0.4) is 0 Å². The third kappa shape index (κ3) is 4.60. The Bertz CT molecular complexity index is 1160. The zero-order valence-electron chi connectivity index (χ0n) is 19.8. The van der Waals surface area contributed by atoms with Crippen LogP contribution in [0.25, 0.3) is 11.4 Å². The highest BCUT2D eigenvalue weighted by atomic mass is 32.1. The number of rotatable bonds is 8. The van der Waals surface area contributed by atoms with Gasteiger partial charge >= 0.3 is 0 Å². The van der Waals surface area contributed by atoms with Gasteiger partial charge in [-0.3, -0.25) is 9.36 Å². The van der Waals surface area contributed by atoms with Crippen molar-refractivity contribution in [3.05, 3.63) is 51.4 Å². The molecule has 3 heterocycles. The van der Waals surface area contributed by atoms with Crippen LogP contribution in [-0.2, 0) is 18.2 Å². The number of methoxy groups -OCH3 is 1. The first-order valence-corrected chi connectivity index (χ1v) is 12.1.